The van der Waals surface area contributed by atoms with E-state index in [1.807, 2.05) is 6.07 Å². The summed E-state index contributed by atoms with van der Waals surface area (Å²) in [5.74, 6) is 7.09. The largest absolute Gasteiger partial charge is 0.0622 e. The van der Waals surface area contributed by atoms with Gasteiger partial charge in [-0.05, 0) is 66.7 Å². The van der Waals surface area contributed by atoms with Gasteiger partial charge in [-0.25, -0.2) is 0 Å². The number of rotatable bonds is 2. The van der Waals surface area contributed by atoms with Crippen molar-refractivity contribution in [1.29, 1.82) is 0 Å². The molecule has 0 saturated carbocycles. The Morgan fingerprint density at radius 2 is 0.921 bits per heavy atom. The van der Waals surface area contributed by atoms with Crippen molar-refractivity contribution in [3.05, 3.63) is 157 Å². The molecule has 0 amide bonds. The minimum Gasteiger partial charge on any atom is -0.0622 e. The molecule has 0 aromatic heterocycles. The average Bonchev–Trinajstić information content (AvgIpc) is 3.00. The minimum atomic E-state index is 1.01. The number of fused-ring (bicyclic) bond motifs is 3. The first-order valence-electron chi connectivity index (χ1n) is 13.0. The van der Waals surface area contributed by atoms with Crippen LogP contribution in [0.4, 0.5) is 0 Å². The number of benzene rings is 7. The first-order chi connectivity index (χ1) is 18.9. The minimum absolute atomic E-state index is 1.01. The molecule has 176 valence electrons. The van der Waals surface area contributed by atoms with E-state index in [1.54, 1.807) is 0 Å². The molecule has 0 unspecified atom stereocenters. The number of hydrogen-bond acceptors (Lipinski definition) is 0. The first kappa shape index (κ1) is 22.1. The van der Waals surface area contributed by atoms with Crippen LogP contribution in [-0.4, -0.2) is 0 Å². The molecule has 0 bridgehead atoms. The van der Waals surface area contributed by atoms with Crippen molar-refractivity contribution in [1.82, 2.24) is 0 Å². The molecular weight excluding hydrogens is 456 g/mol. The maximum absolute atomic E-state index is 3.59. The molecule has 0 heteroatoms. The SMILES string of the molecule is C(#Cc1c2ccccc2c(-c2cccc3ccccc23)c2ccccc12)c1cccc(-c2ccccc2)c1. The van der Waals surface area contributed by atoms with Crippen molar-refractivity contribution in [2.75, 3.05) is 0 Å². The van der Waals surface area contributed by atoms with Crippen molar-refractivity contribution in [2.24, 2.45) is 0 Å². The molecule has 0 atom stereocenters. The van der Waals surface area contributed by atoms with E-state index >= 15 is 0 Å². The van der Waals surface area contributed by atoms with Gasteiger partial charge in [0.25, 0.3) is 0 Å². The Kier molecular flexibility index (Phi) is 5.47. The molecule has 0 N–H and O–H groups in total. The van der Waals surface area contributed by atoms with Gasteiger partial charge in [0.1, 0.15) is 0 Å². The Balaban J connectivity index is 1.48. The third-order valence-electron chi connectivity index (χ3n) is 7.29. The summed E-state index contributed by atoms with van der Waals surface area (Å²) in [6.07, 6.45) is 0. The monoisotopic (exact) mass is 480 g/mol. The van der Waals surface area contributed by atoms with Gasteiger partial charge >= 0.3 is 0 Å². The Morgan fingerprint density at radius 3 is 1.66 bits per heavy atom. The van der Waals surface area contributed by atoms with E-state index in [0.717, 1.165) is 11.1 Å². The van der Waals surface area contributed by atoms with Gasteiger partial charge in [-0.3, -0.25) is 0 Å². The molecule has 0 aliphatic carbocycles. The predicted molar refractivity (Wildman–Crippen MR) is 162 cm³/mol. The van der Waals surface area contributed by atoms with Crippen LogP contribution >= 0.6 is 0 Å². The molecule has 0 spiro atoms. The fraction of sp³-hybridized carbons (Fsp3) is 0. The molecule has 0 saturated heterocycles. The summed E-state index contributed by atoms with van der Waals surface area (Å²) in [5, 5.41) is 7.33. The smallest absolute Gasteiger partial charge is 0.0406 e. The number of hydrogen-bond donors (Lipinski definition) is 0. The summed E-state index contributed by atoms with van der Waals surface area (Å²) < 4.78 is 0. The summed E-state index contributed by atoms with van der Waals surface area (Å²) in [6, 6.07) is 51.6. The van der Waals surface area contributed by atoms with Gasteiger partial charge in [0.15, 0.2) is 0 Å². The Hall–Kier alpha value is -5.12. The van der Waals surface area contributed by atoms with Gasteiger partial charge in [-0.15, -0.1) is 0 Å². The van der Waals surface area contributed by atoms with E-state index < -0.39 is 0 Å². The highest BCUT2D eigenvalue weighted by Crippen LogP contribution is 2.41. The molecule has 7 aromatic rings. The van der Waals surface area contributed by atoms with Crippen LogP contribution in [0.2, 0.25) is 0 Å². The molecular formula is C38H24. The van der Waals surface area contributed by atoms with Crippen molar-refractivity contribution < 1.29 is 0 Å². The van der Waals surface area contributed by atoms with Crippen molar-refractivity contribution in [3.8, 4) is 34.1 Å². The van der Waals surface area contributed by atoms with Crippen molar-refractivity contribution in [3.63, 3.8) is 0 Å². The fourth-order valence-corrected chi connectivity index (χ4v) is 5.54. The van der Waals surface area contributed by atoms with Crippen LogP contribution in [0.15, 0.2) is 146 Å². The van der Waals surface area contributed by atoms with E-state index in [4.69, 9.17) is 0 Å². The van der Waals surface area contributed by atoms with Crippen LogP contribution in [-0.2, 0) is 0 Å². The van der Waals surface area contributed by atoms with Crippen molar-refractivity contribution >= 4 is 32.3 Å². The summed E-state index contributed by atoms with van der Waals surface area (Å²) in [5.41, 5.74) is 6.99. The van der Waals surface area contributed by atoms with Crippen molar-refractivity contribution in [2.45, 2.75) is 0 Å². The molecule has 0 heterocycles. The van der Waals surface area contributed by atoms with Gasteiger partial charge in [0, 0.05) is 11.1 Å². The summed E-state index contributed by atoms with van der Waals surface area (Å²) >= 11 is 0. The molecule has 7 rings (SSSR count). The summed E-state index contributed by atoms with van der Waals surface area (Å²) in [7, 11) is 0. The van der Waals surface area contributed by atoms with Crippen LogP contribution < -0.4 is 0 Å². The van der Waals surface area contributed by atoms with Gasteiger partial charge < -0.3 is 0 Å². The lowest BCUT2D eigenvalue weighted by Gasteiger charge is -2.16. The van der Waals surface area contributed by atoms with Crippen LogP contribution in [0.5, 0.6) is 0 Å². The normalized spacial score (nSPS) is 10.9. The highest BCUT2D eigenvalue weighted by atomic mass is 14.2. The zero-order chi connectivity index (χ0) is 25.3. The lowest BCUT2D eigenvalue weighted by molar-refractivity contribution is 1.59. The topological polar surface area (TPSA) is 0 Å². The standard InChI is InChI=1S/C38H24/c1-2-13-28(14-3-1)30-17-10-12-27(26-30)24-25-34-32-19-6-8-21-36(32)38(37-22-9-7-20-33(34)37)35-23-11-16-29-15-4-5-18-31(29)35/h1-23,26H. The second kappa shape index (κ2) is 9.40. The lowest BCUT2D eigenvalue weighted by atomic mass is 9.86. The second-order valence-corrected chi connectivity index (χ2v) is 9.56. The maximum atomic E-state index is 3.59. The Labute approximate surface area is 222 Å². The zero-order valence-electron chi connectivity index (χ0n) is 20.9. The third kappa shape index (κ3) is 3.83. The highest BCUT2D eigenvalue weighted by Gasteiger charge is 2.15. The molecule has 0 radical (unpaired) electrons. The van der Waals surface area contributed by atoms with E-state index in [0.29, 0.717) is 0 Å². The Morgan fingerprint density at radius 1 is 0.368 bits per heavy atom. The predicted octanol–water partition coefficient (Wildman–Crippen LogP) is 9.88. The van der Waals surface area contributed by atoms with Gasteiger partial charge in [0.2, 0.25) is 0 Å². The molecule has 0 fully saturated rings. The molecule has 38 heavy (non-hydrogen) atoms. The second-order valence-electron chi connectivity index (χ2n) is 9.56. The molecule has 0 nitrogen and oxygen atoms in total. The molecule has 0 aliphatic rings. The van der Waals surface area contributed by atoms with Gasteiger partial charge in [-0.2, -0.15) is 0 Å². The fourth-order valence-electron chi connectivity index (χ4n) is 5.54. The average molecular weight is 481 g/mol. The molecule has 7 aromatic carbocycles. The zero-order valence-corrected chi connectivity index (χ0v) is 20.9. The van der Waals surface area contributed by atoms with Crippen LogP contribution in [0, 0.1) is 11.8 Å². The Bertz CT molecular complexity index is 1960. The lowest BCUT2D eigenvalue weighted by Crippen LogP contribution is -1.91. The summed E-state index contributed by atoms with van der Waals surface area (Å²) in [4.78, 5) is 0. The highest BCUT2D eigenvalue weighted by molar-refractivity contribution is 6.19. The van der Waals surface area contributed by atoms with Crippen LogP contribution in [0.3, 0.4) is 0 Å². The van der Waals surface area contributed by atoms with Gasteiger partial charge in [0.05, 0.1) is 0 Å². The summed E-state index contributed by atoms with van der Waals surface area (Å²) in [6.45, 7) is 0. The first-order valence-corrected chi connectivity index (χ1v) is 13.0. The van der Waals surface area contributed by atoms with E-state index in [9.17, 15) is 0 Å². The quantitative estimate of drug-likeness (QED) is 0.171. The molecule has 0 aliphatic heterocycles. The van der Waals surface area contributed by atoms with Crippen LogP contribution in [0.1, 0.15) is 11.1 Å². The van der Waals surface area contributed by atoms with E-state index in [1.165, 1.54) is 54.6 Å². The third-order valence-corrected chi connectivity index (χ3v) is 7.29. The van der Waals surface area contributed by atoms with E-state index in [2.05, 4.69) is 151 Å². The van der Waals surface area contributed by atoms with Gasteiger partial charge in [-0.1, -0.05) is 145 Å². The maximum Gasteiger partial charge on any atom is 0.0406 e. The van der Waals surface area contributed by atoms with E-state index in [-0.39, 0.29) is 0 Å². The van der Waals surface area contributed by atoms with Crippen LogP contribution in [0.25, 0.3) is 54.6 Å².